The van der Waals surface area contributed by atoms with E-state index in [0.29, 0.717) is 12.5 Å². The maximum Gasteiger partial charge on any atom is 0.290 e. The maximum atomic E-state index is 11.9. The van der Waals surface area contributed by atoms with Gasteiger partial charge in [-0.2, -0.15) is 0 Å². The number of nitro groups is 1. The summed E-state index contributed by atoms with van der Waals surface area (Å²) >= 11 is 11.5. The fourth-order valence-electron chi connectivity index (χ4n) is 1.82. The standard InChI is InChI=1S/C14H18Cl2N2O3/c1-9(2)5-3-4-6-17-14(19)10-7-11(15)13(16)12(8-10)18(20)21/h7-9H,3-6H2,1-2H3,(H,17,19). The Labute approximate surface area is 133 Å². The minimum atomic E-state index is -0.659. The molecule has 0 aromatic heterocycles. The molecule has 0 saturated heterocycles. The number of halogens is 2. The van der Waals surface area contributed by atoms with Crippen LogP contribution in [0.1, 0.15) is 43.5 Å². The number of benzene rings is 1. The first-order chi connectivity index (χ1) is 9.82. The second kappa shape index (κ2) is 8.20. The minimum Gasteiger partial charge on any atom is -0.352 e. The number of unbranched alkanes of at least 4 members (excludes halogenated alkanes) is 1. The van der Waals surface area contributed by atoms with Crippen LogP contribution in [0.2, 0.25) is 10.0 Å². The summed E-state index contributed by atoms with van der Waals surface area (Å²) in [6.07, 6.45) is 3.00. The van der Waals surface area contributed by atoms with Gasteiger partial charge in [0.1, 0.15) is 5.02 Å². The Morgan fingerprint density at radius 1 is 1.33 bits per heavy atom. The van der Waals surface area contributed by atoms with E-state index in [2.05, 4.69) is 19.2 Å². The first-order valence-corrected chi connectivity index (χ1v) is 7.50. The highest BCUT2D eigenvalue weighted by atomic mass is 35.5. The Morgan fingerprint density at radius 3 is 2.57 bits per heavy atom. The molecule has 0 spiro atoms. The summed E-state index contributed by atoms with van der Waals surface area (Å²) in [6.45, 7) is 4.82. The third-order valence-corrected chi connectivity index (χ3v) is 3.75. The number of hydrogen-bond acceptors (Lipinski definition) is 3. The summed E-state index contributed by atoms with van der Waals surface area (Å²) in [5.74, 6) is 0.250. The highest BCUT2D eigenvalue weighted by Crippen LogP contribution is 2.32. The van der Waals surface area contributed by atoms with Gasteiger partial charge < -0.3 is 5.32 Å². The van der Waals surface area contributed by atoms with Crippen molar-refractivity contribution in [3.05, 3.63) is 37.9 Å². The average molecular weight is 333 g/mol. The van der Waals surface area contributed by atoms with Gasteiger partial charge in [0.2, 0.25) is 0 Å². The van der Waals surface area contributed by atoms with E-state index in [-0.39, 0.29) is 27.2 Å². The molecule has 5 nitrogen and oxygen atoms in total. The first-order valence-electron chi connectivity index (χ1n) is 6.74. The van der Waals surface area contributed by atoms with Crippen LogP contribution in [-0.2, 0) is 0 Å². The summed E-state index contributed by atoms with van der Waals surface area (Å²) in [6, 6.07) is 2.47. The zero-order valence-electron chi connectivity index (χ0n) is 12.0. The Morgan fingerprint density at radius 2 is 2.00 bits per heavy atom. The largest absolute Gasteiger partial charge is 0.352 e. The molecule has 1 amide bonds. The number of amides is 1. The van der Waals surface area contributed by atoms with Gasteiger partial charge in [0.05, 0.1) is 9.95 Å². The average Bonchev–Trinajstić information content (AvgIpc) is 2.40. The second-order valence-corrected chi connectivity index (χ2v) is 5.98. The van der Waals surface area contributed by atoms with E-state index in [9.17, 15) is 14.9 Å². The first kappa shape index (κ1) is 17.7. The third kappa shape index (κ3) is 5.52. The van der Waals surface area contributed by atoms with Crippen LogP contribution in [-0.4, -0.2) is 17.4 Å². The van der Waals surface area contributed by atoms with Gasteiger partial charge in [-0.05, 0) is 18.4 Å². The van der Waals surface area contributed by atoms with Crippen molar-refractivity contribution in [2.75, 3.05) is 6.54 Å². The number of nitrogens with one attached hydrogen (secondary N) is 1. The van der Waals surface area contributed by atoms with Gasteiger partial charge in [-0.15, -0.1) is 0 Å². The lowest BCUT2D eigenvalue weighted by molar-refractivity contribution is -0.384. The molecule has 0 aliphatic rings. The van der Waals surface area contributed by atoms with Crippen LogP contribution >= 0.6 is 23.2 Å². The maximum absolute atomic E-state index is 11.9. The lowest BCUT2D eigenvalue weighted by Crippen LogP contribution is -2.24. The van der Waals surface area contributed by atoms with Crippen molar-refractivity contribution in [1.82, 2.24) is 5.32 Å². The predicted molar refractivity (Wildman–Crippen MR) is 84.1 cm³/mol. The monoisotopic (exact) mass is 332 g/mol. The Balaban J connectivity index is 2.64. The zero-order chi connectivity index (χ0) is 16.0. The molecule has 0 bridgehead atoms. The summed E-state index contributed by atoms with van der Waals surface area (Å²) in [5, 5.41) is 13.4. The van der Waals surface area contributed by atoms with E-state index in [1.165, 1.54) is 6.07 Å². The van der Waals surface area contributed by atoms with Gasteiger partial charge in [0, 0.05) is 18.2 Å². The molecule has 1 rings (SSSR count). The molecule has 0 radical (unpaired) electrons. The molecule has 0 atom stereocenters. The number of carbonyl (C=O) groups excluding carboxylic acids is 1. The van der Waals surface area contributed by atoms with E-state index in [0.717, 1.165) is 25.3 Å². The van der Waals surface area contributed by atoms with E-state index in [1.807, 2.05) is 0 Å². The van der Waals surface area contributed by atoms with Crippen molar-refractivity contribution in [2.45, 2.75) is 33.1 Å². The van der Waals surface area contributed by atoms with Gasteiger partial charge >= 0.3 is 0 Å². The molecule has 0 aliphatic heterocycles. The van der Waals surface area contributed by atoms with Gasteiger partial charge in [-0.3, -0.25) is 14.9 Å². The molecule has 0 fully saturated rings. The fraction of sp³-hybridized carbons (Fsp3) is 0.500. The van der Waals surface area contributed by atoms with Gasteiger partial charge in [0.25, 0.3) is 11.6 Å². The number of rotatable bonds is 7. The number of nitro benzene ring substituents is 1. The summed E-state index contributed by atoms with van der Waals surface area (Å²) in [7, 11) is 0. The van der Waals surface area contributed by atoms with E-state index < -0.39 is 4.92 Å². The number of nitrogens with zero attached hydrogens (tertiary/aromatic N) is 1. The summed E-state index contributed by atoms with van der Waals surface area (Å²) in [5.41, 5.74) is -0.228. The number of hydrogen-bond donors (Lipinski definition) is 1. The van der Waals surface area contributed by atoms with Gasteiger partial charge in [-0.25, -0.2) is 0 Å². The van der Waals surface area contributed by atoms with Crippen molar-refractivity contribution in [2.24, 2.45) is 5.92 Å². The van der Waals surface area contributed by atoms with Crippen molar-refractivity contribution in [1.29, 1.82) is 0 Å². The second-order valence-electron chi connectivity index (χ2n) is 5.19. The highest BCUT2D eigenvalue weighted by molar-refractivity contribution is 6.43. The molecule has 0 aliphatic carbocycles. The summed E-state index contributed by atoms with van der Waals surface area (Å²) < 4.78 is 0. The van der Waals surface area contributed by atoms with Crippen LogP contribution in [0.4, 0.5) is 5.69 Å². The Kier molecular flexibility index (Phi) is 6.92. The van der Waals surface area contributed by atoms with Crippen LogP contribution in [0.15, 0.2) is 12.1 Å². The van der Waals surface area contributed by atoms with Gasteiger partial charge in [0.15, 0.2) is 0 Å². The lowest BCUT2D eigenvalue weighted by Gasteiger charge is -2.07. The zero-order valence-corrected chi connectivity index (χ0v) is 13.5. The van der Waals surface area contributed by atoms with Crippen LogP contribution in [0.5, 0.6) is 0 Å². The molecule has 1 aromatic carbocycles. The molecule has 7 heteroatoms. The molecule has 21 heavy (non-hydrogen) atoms. The fourth-order valence-corrected chi connectivity index (χ4v) is 2.21. The molecule has 0 saturated carbocycles. The van der Waals surface area contributed by atoms with Gasteiger partial charge in [-0.1, -0.05) is 49.9 Å². The molecular formula is C14H18Cl2N2O3. The quantitative estimate of drug-likeness (QED) is 0.455. The summed E-state index contributed by atoms with van der Waals surface area (Å²) in [4.78, 5) is 22.1. The van der Waals surface area contributed by atoms with Crippen molar-refractivity contribution >= 4 is 34.8 Å². The van der Waals surface area contributed by atoms with Crippen molar-refractivity contribution < 1.29 is 9.72 Å². The Hall–Kier alpha value is -1.33. The topological polar surface area (TPSA) is 72.2 Å². The highest BCUT2D eigenvalue weighted by Gasteiger charge is 2.19. The van der Waals surface area contributed by atoms with Crippen LogP contribution in [0.25, 0.3) is 0 Å². The normalized spacial score (nSPS) is 10.7. The molecule has 1 N–H and O–H groups in total. The number of carbonyl (C=O) groups is 1. The SMILES string of the molecule is CC(C)CCCCNC(=O)c1cc(Cl)c(Cl)c([N+](=O)[O-])c1. The third-order valence-electron chi connectivity index (χ3n) is 2.96. The Bertz CT molecular complexity index is 533. The van der Waals surface area contributed by atoms with Crippen molar-refractivity contribution in [3.63, 3.8) is 0 Å². The van der Waals surface area contributed by atoms with Crippen LogP contribution < -0.4 is 5.32 Å². The smallest absolute Gasteiger partial charge is 0.290 e. The molecule has 0 unspecified atom stereocenters. The van der Waals surface area contributed by atoms with E-state index in [4.69, 9.17) is 23.2 Å². The molecule has 1 aromatic rings. The predicted octanol–water partition coefficient (Wildman–Crippen LogP) is 4.46. The molecular weight excluding hydrogens is 315 g/mol. The minimum absolute atomic E-state index is 0.00387. The molecule has 116 valence electrons. The van der Waals surface area contributed by atoms with Crippen LogP contribution in [0.3, 0.4) is 0 Å². The van der Waals surface area contributed by atoms with Crippen LogP contribution in [0, 0.1) is 16.0 Å². The van der Waals surface area contributed by atoms with E-state index >= 15 is 0 Å². The van der Waals surface area contributed by atoms with E-state index in [1.54, 1.807) is 0 Å². The lowest BCUT2D eigenvalue weighted by atomic mass is 10.1. The molecule has 0 heterocycles. The van der Waals surface area contributed by atoms with Crippen molar-refractivity contribution in [3.8, 4) is 0 Å².